The molecule has 6 rings (SSSR count). The van der Waals surface area contributed by atoms with E-state index < -0.39 is 15.6 Å². The molecule has 1 saturated carbocycles. The van der Waals surface area contributed by atoms with E-state index in [1.54, 1.807) is 13.2 Å². The summed E-state index contributed by atoms with van der Waals surface area (Å²) in [5.74, 6) is 1.03. The minimum absolute atomic E-state index is 0.0137. The molecule has 2 bridgehead atoms. The van der Waals surface area contributed by atoms with E-state index in [9.17, 15) is 13.8 Å². The van der Waals surface area contributed by atoms with Crippen molar-refractivity contribution in [3.05, 3.63) is 70.8 Å². The molecule has 1 amide bonds. The third kappa shape index (κ3) is 6.78. The Labute approximate surface area is 268 Å². The molecule has 0 unspecified atom stereocenters. The first-order valence-electron chi connectivity index (χ1n) is 16.8. The third-order valence-electron chi connectivity index (χ3n) is 10.4. The van der Waals surface area contributed by atoms with Gasteiger partial charge in [0, 0.05) is 43.4 Å². The highest BCUT2D eigenvalue weighted by molar-refractivity contribution is 7.94. The highest BCUT2D eigenvalue weighted by atomic mass is 32.2. The van der Waals surface area contributed by atoms with Crippen molar-refractivity contribution in [3.8, 4) is 5.75 Å². The summed E-state index contributed by atoms with van der Waals surface area (Å²) in [4.78, 5) is 28.8. The van der Waals surface area contributed by atoms with Gasteiger partial charge in [-0.25, -0.2) is 4.21 Å². The monoisotopic (exact) mass is 632 g/mol. The number of fused-ring (bicyclic) bond motifs is 4. The van der Waals surface area contributed by atoms with Crippen molar-refractivity contribution in [1.29, 1.82) is 0 Å². The topological polar surface area (TPSA) is 85.3 Å². The smallest absolute Gasteiger partial charge is 0.285 e. The van der Waals surface area contributed by atoms with Crippen molar-refractivity contribution in [1.82, 2.24) is 0 Å². The molecule has 2 aromatic carbocycles. The molecule has 242 valence electrons. The summed E-state index contributed by atoms with van der Waals surface area (Å²) in [7, 11) is -1.26. The maximum Gasteiger partial charge on any atom is 0.285 e. The number of rotatable bonds is 5. The van der Waals surface area contributed by atoms with Crippen LogP contribution in [0, 0.1) is 18.8 Å². The Hall–Kier alpha value is -2.97. The lowest BCUT2D eigenvalue weighted by Gasteiger charge is -2.46. The van der Waals surface area contributed by atoms with Gasteiger partial charge < -0.3 is 14.4 Å². The third-order valence-corrected chi connectivity index (χ3v) is 12.6. The van der Waals surface area contributed by atoms with Gasteiger partial charge in [0.05, 0.1) is 33.9 Å². The van der Waals surface area contributed by atoms with Crippen LogP contribution in [0.3, 0.4) is 0 Å². The van der Waals surface area contributed by atoms with Crippen LogP contribution in [-0.2, 0) is 31.1 Å². The van der Waals surface area contributed by atoms with Crippen molar-refractivity contribution in [2.24, 2.45) is 16.2 Å². The van der Waals surface area contributed by atoms with Gasteiger partial charge in [0.15, 0.2) is 0 Å². The molecule has 7 nitrogen and oxygen atoms in total. The fourth-order valence-electron chi connectivity index (χ4n) is 7.95. The predicted molar refractivity (Wildman–Crippen MR) is 180 cm³/mol. The van der Waals surface area contributed by atoms with Crippen LogP contribution in [0.1, 0.15) is 85.3 Å². The van der Waals surface area contributed by atoms with Gasteiger partial charge in [0.25, 0.3) is 5.91 Å². The van der Waals surface area contributed by atoms with Gasteiger partial charge in [0.2, 0.25) is 0 Å². The molecular formula is C37H48N2O5S. The number of aryl methyl sites for hydroxylation is 2. The highest BCUT2D eigenvalue weighted by Gasteiger charge is 2.44. The van der Waals surface area contributed by atoms with Crippen molar-refractivity contribution in [3.63, 3.8) is 0 Å². The van der Waals surface area contributed by atoms with E-state index in [1.807, 2.05) is 19.1 Å². The molecule has 0 radical (unpaired) electrons. The van der Waals surface area contributed by atoms with E-state index in [0.717, 1.165) is 56.6 Å². The molecule has 4 aliphatic rings. The number of Topliss-reactive ketones (excluding diaryl/α,β-unsaturated/α-hetero) is 1. The van der Waals surface area contributed by atoms with Crippen LogP contribution in [0.4, 0.5) is 5.69 Å². The fraction of sp³-hybridized carbons (Fsp3) is 0.568. The Bertz CT molecular complexity index is 1590. The Morgan fingerprint density at radius 3 is 2.82 bits per heavy atom. The molecule has 45 heavy (non-hydrogen) atoms. The minimum Gasteiger partial charge on any atom is -0.490 e. The quantitative estimate of drug-likeness (QED) is 0.336. The number of carbonyl (C=O) groups is 2. The average molecular weight is 633 g/mol. The summed E-state index contributed by atoms with van der Waals surface area (Å²) in [6.45, 7) is 6.30. The van der Waals surface area contributed by atoms with Crippen LogP contribution in [0.25, 0.3) is 0 Å². The van der Waals surface area contributed by atoms with Gasteiger partial charge in [-0.15, -0.1) is 0 Å². The maximum absolute atomic E-state index is 14.0. The maximum atomic E-state index is 14.0. The number of allylic oxidation sites excluding steroid dienone is 1. The zero-order valence-electron chi connectivity index (χ0n) is 27.1. The molecule has 8 heteroatoms. The summed E-state index contributed by atoms with van der Waals surface area (Å²) in [6, 6.07) is 12.4. The van der Waals surface area contributed by atoms with E-state index in [2.05, 4.69) is 46.5 Å². The second kappa shape index (κ2) is 13.4. The van der Waals surface area contributed by atoms with Gasteiger partial charge in [0.1, 0.15) is 11.5 Å². The largest absolute Gasteiger partial charge is 0.490 e. The Morgan fingerprint density at radius 2 is 2.04 bits per heavy atom. The zero-order valence-corrected chi connectivity index (χ0v) is 27.9. The van der Waals surface area contributed by atoms with Crippen molar-refractivity contribution < 1.29 is 23.3 Å². The molecule has 5 atom stereocenters. The lowest BCUT2D eigenvalue weighted by Crippen LogP contribution is -2.49. The SMILES string of the molecule is CCCC(=O)C[S@@]1(=O)=NC(=O)c2ccc3c(c2)N(C[C@@H]2CC[C@H]2[C@@H](OC)/C=C/CCC1)C[C@@]1(CCCc2cc(C)ccc21)CO3. The van der Waals surface area contributed by atoms with E-state index in [1.165, 1.54) is 16.7 Å². The first kappa shape index (κ1) is 32.0. The van der Waals surface area contributed by atoms with Crippen LogP contribution in [0.2, 0.25) is 0 Å². The number of hydrogen-bond donors (Lipinski definition) is 0. The van der Waals surface area contributed by atoms with Crippen LogP contribution < -0.4 is 9.64 Å². The van der Waals surface area contributed by atoms with Crippen molar-refractivity contribution >= 4 is 27.1 Å². The number of carbonyl (C=O) groups excluding carboxylic acids is 2. The molecular weight excluding hydrogens is 584 g/mol. The normalized spacial score (nSPS) is 30.6. The number of methoxy groups -OCH3 is 1. The Kier molecular flexibility index (Phi) is 9.53. The standard InChI is InChI=1S/C37H48N2O5S/c1-4-9-30(40)23-45(42)19-7-5-6-11-34(43-3)31-15-13-29(31)22-39-24-37(18-8-10-27-20-26(2)12-16-32(27)37)25-44-35-17-14-28(21-33(35)39)36(41)38-45/h6,11-12,14,16-17,20-21,29,31,34H,4-5,7-10,13,15,18-19,22-25H2,1-3H3/b11-6+/t29-,31+,34-,37-,45+/m0/s1. The predicted octanol–water partition coefficient (Wildman–Crippen LogP) is 6.84. The Balaban J connectivity index is 1.43. The zero-order chi connectivity index (χ0) is 31.6. The van der Waals surface area contributed by atoms with Gasteiger partial charge in [-0.2, -0.15) is 4.36 Å². The molecule has 2 aromatic rings. The number of anilines is 1. The van der Waals surface area contributed by atoms with Gasteiger partial charge in [-0.1, -0.05) is 42.8 Å². The number of hydrogen-bond acceptors (Lipinski definition) is 6. The van der Waals surface area contributed by atoms with Crippen molar-refractivity contribution in [2.75, 3.05) is 43.2 Å². The molecule has 2 aliphatic carbocycles. The first-order valence-corrected chi connectivity index (χ1v) is 18.7. The van der Waals surface area contributed by atoms with Crippen LogP contribution in [0.5, 0.6) is 5.75 Å². The molecule has 1 spiro atoms. The van der Waals surface area contributed by atoms with Gasteiger partial charge >= 0.3 is 0 Å². The fourth-order valence-corrected chi connectivity index (χ4v) is 9.93. The number of nitrogens with zero attached hydrogens (tertiary/aromatic N) is 2. The summed E-state index contributed by atoms with van der Waals surface area (Å²) in [6.07, 6.45) is 12.1. The highest BCUT2D eigenvalue weighted by Crippen LogP contribution is 2.46. The lowest BCUT2D eigenvalue weighted by molar-refractivity contribution is -0.116. The molecule has 2 aliphatic heterocycles. The Morgan fingerprint density at radius 1 is 1.18 bits per heavy atom. The molecule has 0 N–H and O–H groups in total. The van der Waals surface area contributed by atoms with Crippen LogP contribution in [-0.4, -0.2) is 60.3 Å². The lowest BCUT2D eigenvalue weighted by atomic mass is 9.68. The number of benzene rings is 2. The molecule has 0 aromatic heterocycles. The second-order valence-electron chi connectivity index (χ2n) is 13.7. The minimum atomic E-state index is -3.05. The summed E-state index contributed by atoms with van der Waals surface area (Å²) in [5.41, 5.74) is 5.19. The van der Waals surface area contributed by atoms with E-state index >= 15 is 0 Å². The number of ketones is 1. The van der Waals surface area contributed by atoms with Crippen molar-refractivity contribution in [2.45, 2.75) is 83.2 Å². The van der Waals surface area contributed by atoms with E-state index in [0.29, 0.717) is 49.7 Å². The first-order chi connectivity index (χ1) is 21.7. The van der Waals surface area contributed by atoms with E-state index in [-0.39, 0.29) is 28.8 Å². The average Bonchev–Trinajstić information content (AvgIpc) is 3.14. The molecule has 0 saturated heterocycles. The van der Waals surface area contributed by atoms with Crippen LogP contribution in [0.15, 0.2) is 52.9 Å². The number of ether oxygens (including phenoxy) is 2. The number of amides is 1. The van der Waals surface area contributed by atoms with Crippen LogP contribution >= 0.6 is 0 Å². The summed E-state index contributed by atoms with van der Waals surface area (Å²) in [5, 5.41) is 0. The van der Waals surface area contributed by atoms with Gasteiger partial charge in [-0.3, -0.25) is 9.59 Å². The van der Waals surface area contributed by atoms with E-state index in [4.69, 9.17) is 9.47 Å². The second-order valence-corrected chi connectivity index (χ2v) is 16.1. The molecule has 1 fully saturated rings. The molecule has 2 heterocycles. The summed E-state index contributed by atoms with van der Waals surface area (Å²) >= 11 is 0. The van der Waals surface area contributed by atoms with Gasteiger partial charge in [-0.05, 0) is 99.5 Å². The summed E-state index contributed by atoms with van der Waals surface area (Å²) < 4.78 is 31.0.